The van der Waals surface area contributed by atoms with E-state index in [0.29, 0.717) is 4.58 Å². The molecule has 80 valence electrons. The molecule has 0 saturated carbocycles. The number of ether oxygens (including phenoxy) is 1. The molecule has 0 aromatic carbocycles. The molecule has 2 bridgehead atoms. The molecular formula is C11H13NOS2. The molecule has 3 atom stereocenters. The Hall–Kier alpha value is -0.110. The highest BCUT2D eigenvalue weighted by atomic mass is 32.2. The molecular weight excluding hydrogens is 226 g/mol. The van der Waals surface area contributed by atoms with Crippen LogP contribution in [0, 0.1) is 17.2 Å². The van der Waals surface area contributed by atoms with E-state index in [0.717, 1.165) is 6.42 Å². The van der Waals surface area contributed by atoms with E-state index in [-0.39, 0.29) is 17.6 Å². The zero-order chi connectivity index (χ0) is 10.5. The summed E-state index contributed by atoms with van der Waals surface area (Å²) < 4.78 is 6.54. The Kier molecular flexibility index (Phi) is 2.31. The summed E-state index contributed by atoms with van der Waals surface area (Å²) in [6.45, 7) is 2.13. The molecule has 0 spiro atoms. The van der Waals surface area contributed by atoms with Gasteiger partial charge in [0.05, 0.1) is 22.7 Å². The lowest BCUT2D eigenvalue weighted by atomic mass is 9.82. The molecule has 2 fully saturated rings. The van der Waals surface area contributed by atoms with Gasteiger partial charge in [-0.05, 0) is 25.0 Å². The highest BCUT2D eigenvalue weighted by Gasteiger charge is 2.57. The summed E-state index contributed by atoms with van der Waals surface area (Å²) in [5.74, 6) is 2.45. The van der Waals surface area contributed by atoms with Crippen molar-refractivity contribution in [2.45, 2.75) is 29.6 Å². The van der Waals surface area contributed by atoms with Crippen LogP contribution in [0.1, 0.15) is 13.3 Å². The monoisotopic (exact) mass is 239 g/mol. The molecule has 2 nitrogen and oxygen atoms in total. The largest absolute Gasteiger partial charge is 0.360 e. The Labute approximate surface area is 98.4 Å². The lowest BCUT2D eigenvalue weighted by Crippen LogP contribution is -2.39. The van der Waals surface area contributed by atoms with Crippen molar-refractivity contribution >= 4 is 23.5 Å². The number of hydrogen-bond acceptors (Lipinski definition) is 4. The normalized spacial score (nSPS) is 44.4. The molecule has 0 radical (unpaired) electrons. The average Bonchev–Trinajstić information content (AvgIpc) is 2.90. The summed E-state index contributed by atoms with van der Waals surface area (Å²) in [5, 5.41) is 9.22. The first kappa shape index (κ1) is 10.1. The molecule has 0 aromatic heterocycles. The van der Waals surface area contributed by atoms with Gasteiger partial charge in [-0.2, -0.15) is 5.26 Å². The molecule has 3 unspecified atom stereocenters. The predicted molar refractivity (Wildman–Crippen MR) is 63.8 cm³/mol. The van der Waals surface area contributed by atoms with E-state index in [9.17, 15) is 5.26 Å². The molecule has 0 aromatic rings. The van der Waals surface area contributed by atoms with E-state index >= 15 is 0 Å². The van der Waals surface area contributed by atoms with E-state index in [2.05, 4.69) is 19.1 Å². The van der Waals surface area contributed by atoms with Crippen LogP contribution in [0.5, 0.6) is 0 Å². The van der Waals surface area contributed by atoms with Crippen LogP contribution >= 0.6 is 23.5 Å². The Bertz CT molecular complexity index is 356. The zero-order valence-electron chi connectivity index (χ0n) is 8.60. The minimum absolute atomic E-state index is 0.0642. The Morgan fingerprint density at radius 3 is 2.87 bits per heavy atom. The standard InChI is InChI=1S/C11H13NOS2/c1-7-5-11(10-14-2-3-15-10)8(6-12)4-9(7)13-11/h5,8-10H,2-4H2,1H3. The summed E-state index contributed by atoms with van der Waals surface area (Å²) in [5.41, 5.74) is 1.06. The molecule has 3 heterocycles. The van der Waals surface area contributed by atoms with Crippen LogP contribution in [-0.4, -0.2) is 27.8 Å². The third kappa shape index (κ3) is 1.30. The third-order valence-corrected chi connectivity index (χ3v) is 6.74. The Morgan fingerprint density at radius 2 is 2.27 bits per heavy atom. The number of nitriles is 1. The number of fused-ring (bicyclic) bond motifs is 2. The molecule has 0 N–H and O–H groups in total. The van der Waals surface area contributed by atoms with Gasteiger partial charge in [0.2, 0.25) is 0 Å². The molecule has 3 rings (SSSR count). The van der Waals surface area contributed by atoms with E-state index in [1.807, 2.05) is 23.5 Å². The molecule has 4 heteroatoms. The zero-order valence-corrected chi connectivity index (χ0v) is 10.2. The van der Waals surface area contributed by atoms with Crippen molar-refractivity contribution < 1.29 is 4.74 Å². The summed E-state index contributed by atoms with van der Waals surface area (Å²) >= 11 is 3.91. The quantitative estimate of drug-likeness (QED) is 0.658. The third-order valence-electron chi connectivity index (χ3n) is 3.45. The van der Waals surface area contributed by atoms with Gasteiger partial charge in [0.25, 0.3) is 0 Å². The second-order valence-electron chi connectivity index (χ2n) is 4.34. The fourth-order valence-electron chi connectivity index (χ4n) is 2.70. The second-order valence-corrected chi connectivity index (χ2v) is 7.06. The molecule has 3 aliphatic heterocycles. The topological polar surface area (TPSA) is 33.0 Å². The fourth-order valence-corrected chi connectivity index (χ4v) is 5.95. The van der Waals surface area contributed by atoms with Gasteiger partial charge in [-0.25, -0.2) is 0 Å². The maximum Gasteiger partial charge on any atom is 0.124 e. The smallest absolute Gasteiger partial charge is 0.124 e. The Balaban J connectivity index is 1.97. The highest BCUT2D eigenvalue weighted by Crippen LogP contribution is 2.55. The van der Waals surface area contributed by atoms with Crippen molar-refractivity contribution in [3.05, 3.63) is 11.6 Å². The van der Waals surface area contributed by atoms with Gasteiger partial charge in [-0.1, -0.05) is 0 Å². The van der Waals surface area contributed by atoms with Crippen molar-refractivity contribution in [3.63, 3.8) is 0 Å². The van der Waals surface area contributed by atoms with Crippen molar-refractivity contribution in [3.8, 4) is 6.07 Å². The first-order chi connectivity index (χ1) is 7.26. The lowest BCUT2D eigenvalue weighted by Gasteiger charge is -2.31. The van der Waals surface area contributed by atoms with Crippen LogP contribution in [0.3, 0.4) is 0 Å². The van der Waals surface area contributed by atoms with Crippen LogP contribution < -0.4 is 0 Å². The van der Waals surface area contributed by atoms with Crippen LogP contribution in [0.15, 0.2) is 11.6 Å². The second kappa shape index (κ2) is 3.44. The summed E-state index contributed by atoms with van der Waals surface area (Å²) in [6, 6.07) is 2.44. The van der Waals surface area contributed by atoms with Crippen LogP contribution in [-0.2, 0) is 4.74 Å². The Morgan fingerprint density at radius 1 is 1.53 bits per heavy atom. The van der Waals surface area contributed by atoms with Crippen molar-refractivity contribution in [2.24, 2.45) is 5.92 Å². The number of rotatable bonds is 1. The summed E-state index contributed by atoms with van der Waals surface area (Å²) in [7, 11) is 0. The number of nitrogens with zero attached hydrogens (tertiary/aromatic N) is 1. The minimum atomic E-state index is -0.269. The van der Waals surface area contributed by atoms with Crippen molar-refractivity contribution in [1.82, 2.24) is 0 Å². The SMILES string of the molecule is CC1=CC2(C3SCCS3)OC1CC2C#N. The lowest BCUT2D eigenvalue weighted by molar-refractivity contribution is 0.0323. The van der Waals surface area contributed by atoms with Crippen molar-refractivity contribution in [2.75, 3.05) is 11.5 Å². The van der Waals surface area contributed by atoms with E-state index < -0.39 is 0 Å². The van der Waals surface area contributed by atoms with Gasteiger partial charge >= 0.3 is 0 Å². The van der Waals surface area contributed by atoms with E-state index in [1.165, 1.54) is 17.1 Å². The van der Waals surface area contributed by atoms with E-state index in [1.54, 1.807) is 0 Å². The van der Waals surface area contributed by atoms with Gasteiger partial charge in [0.15, 0.2) is 0 Å². The van der Waals surface area contributed by atoms with Gasteiger partial charge in [-0.3, -0.25) is 0 Å². The maximum absolute atomic E-state index is 9.22. The maximum atomic E-state index is 9.22. The highest BCUT2D eigenvalue weighted by molar-refractivity contribution is 8.20. The minimum Gasteiger partial charge on any atom is -0.360 e. The summed E-state index contributed by atoms with van der Waals surface area (Å²) in [6.07, 6.45) is 3.35. The first-order valence-corrected chi connectivity index (χ1v) is 7.36. The molecule has 0 amide bonds. The number of hydrogen-bond donors (Lipinski definition) is 0. The molecule has 2 saturated heterocycles. The van der Waals surface area contributed by atoms with Crippen molar-refractivity contribution in [1.29, 1.82) is 5.26 Å². The van der Waals surface area contributed by atoms with Crippen LogP contribution in [0.2, 0.25) is 0 Å². The molecule has 3 aliphatic rings. The van der Waals surface area contributed by atoms with Crippen LogP contribution in [0.4, 0.5) is 0 Å². The average molecular weight is 239 g/mol. The first-order valence-electron chi connectivity index (χ1n) is 5.26. The van der Waals surface area contributed by atoms with Gasteiger partial charge in [0.1, 0.15) is 5.60 Å². The van der Waals surface area contributed by atoms with Gasteiger partial charge in [0, 0.05) is 11.5 Å². The van der Waals surface area contributed by atoms with Gasteiger partial charge in [-0.15, -0.1) is 23.5 Å². The predicted octanol–water partition coefficient (Wildman–Crippen LogP) is 2.42. The van der Waals surface area contributed by atoms with Gasteiger partial charge < -0.3 is 4.74 Å². The summed E-state index contributed by atoms with van der Waals surface area (Å²) in [4.78, 5) is 0. The van der Waals surface area contributed by atoms with Crippen LogP contribution in [0.25, 0.3) is 0 Å². The molecule has 15 heavy (non-hydrogen) atoms. The fraction of sp³-hybridized carbons (Fsp3) is 0.727. The number of thioether (sulfide) groups is 2. The van der Waals surface area contributed by atoms with E-state index in [4.69, 9.17) is 4.74 Å². The molecule has 0 aliphatic carbocycles.